The van der Waals surface area contributed by atoms with E-state index >= 15 is 0 Å². The van der Waals surface area contributed by atoms with Gasteiger partial charge in [0.25, 0.3) is 0 Å². The Morgan fingerprint density at radius 1 is 1.04 bits per heavy atom. The van der Waals surface area contributed by atoms with Gasteiger partial charge in [-0.1, -0.05) is 43.0 Å². The molecule has 24 heavy (non-hydrogen) atoms. The largest absolute Gasteiger partial charge is 0.496 e. The summed E-state index contributed by atoms with van der Waals surface area (Å²) in [7, 11) is 2.22. The summed E-state index contributed by atoms with van der Waals surface area (Å²) in [5.74, 6) is -1.33. The topological polar surface area (TPSA) is 35.5 Å². The van der Waals surface area contributed by atoms with Gasteiger partial charge >= 0.3 is 12.1 Å². The molecule has 0 N–H and O–H groups in total. The average Bonchev–Trinajstić information content (AvgIpc) is 2.59. The van der Waals surface area contributed by atoms with E-state index in [2.05, 4.69) is 11.3 Å². The Balaban J connectivity index is 2.87. The molecule has 2 rings (SSSR count). The summed E-state index contributed by atoms with van der Waals surface area (Å²) < 4.78 is 50.3. The number of carbonyl (C=O) groups is 1. The lowest BCUT2D eigenvalue weighted by molar-refractivity contribution is -0.139. The van der Waals surface area contributed by atoms with Crippen LogP contribution in [-0.4, -0.2) is 20.2 Å². The fraction of sp³-hybridized carbons (Fsp3) is 0.167. The number of halogens is 3. The lowest BCUT2D eigenvalue weighted by Gasteiger charge is -2.20. The maximum atomic E-state index is 13.6. The van der Waals surface area contributed by atoms with Crippen LogP contribution >= 0.6 is 0 Å². The van der Waals surface area contributed by atoms with Gasteiger partial charge in [-0.05, 0) is 17.2 Å². The smallest absolute Gasteiger partial charge is 0.420 e. The minimum Gasteiger partial charge on any atom is -0.496 e. The molecule has 0 amide bonds. The fourth-order valence-electron chi connectivity index (χ4n) is 2.43. The average molecular weight is 336 g/mol. The standard InChI is InChI=1S/C18H15F3O3/c1-11(17(22)24-3)15-13(12-7-5-4-6-8-12)9-10-14(23-2)16(15)18(19,20)21/h4-10H,1H2,2-3H3. The number of rotatable bonds is 4. The summed E-state index contributed by atoms with van der Waals surface area (Å²) in [5, 5.41) is 0. The highest BCUT2D eigenvalue weighted by atomic mass is 19.4. The van der Waals surface area contributed by atoms with Crippen LogP contribution in [0.2, 0.25) is 0 Å². The molecule has 0 heterocycles. The molecule has 6 heteroatoms. The van der Waals surface area contributed by atoms with Gasteiger partial charge in [-0.25, -0.2) is 4.79 Å². The number of alkyl halides is 3. The van der Waals surface area contributed by atoms with Crippen LogP contribution in [0.15, 0.2) is 49.0 Å². The van der Waals surface area contributed by atoms with E-state index in [0.717, 1.165) is 14.2 Å². The summed E-state index contributed by atoms with van der Waals surface area (Å²) >= 11 is 0. The third-order valence-electron chi connectivity index (χ3n) is 3.49. The van der Waals surface area contributed by atoms with Crippen LogP contribution in [-0.2, 0) is 15.7 Å². The van der Waals surface area contributed by atoms with Gasteiger partial charge in [-0.2, -0.15) is 13.2 Å². The zero-order chi connectivity index (χ0) is 17.9. The predicted octanol–water partition coefficient (Wildman–Crippen LogP) is 4.57. The van der Waals surface area contributed by atoms with Crippen LogP contribution < -0.4 is 4.74 Å². The van der Waals surface area contributed by atoms with Gasteiger partial charge in [0.2, 0.25) is 0 Å². The van der Waals surface area contributed by atoms with E-state index < -0.39 is 17.7 Å². The van der Waals surface area contributed by atoms with Crippen molar-refractivity contribution in [1.82, 2.24) is 0 Å². The molecular formula is C18H15F3O3. The Bertz CT molecular complexity index is 765. The lowest BCUT2D eigenvalue weighted by Crippen LogP contribution is -2.15. The van der Waals surface area contributed by atoms with Crippen LogP contribution in [0.5, 0.6) is 5.75 Å². The molecule has 0 unspecified atom stereocenters. The van der Waals surface area contributed by atoms with Crippen molar-refractivity contribution in [3.8, 4) is 16.9 Å². The minimum absolute atomic E-state index is 0.221. The first-order valence-corrected chi connectivity index (χ1v) is 6.92. The SMILES string of the molecule is C=C(C(=O)OC)c1c(-c2ccccc2)ccc(OC)c1C(F)(F)F. The summed E-state index contributed by atoms with van der Waals surface area (Å²) in [5.41, 5.74) is -1.05. The molecule has 126 valence electrons. The van der Waals surface area contributed by atoms with Gasteiger partial charge in [0.05, 0.1) is 19.8 Å². The van der Waals surface area contributed by atoms with E-state index in [1.54, 1.807) is 30.3 Å². The highest BCUT2D eigenvalue weighted by Gasteiger charge is 2.40. The second kappa shape index (κ2) is 6.78. The number of hydrogen-bond acceptors (Lipinski definition) is 3. The lowest BCUT2D eigenvalue weighted by atomic mass is 9.90. The summed E-state index contributed by atoms with van der Waals surface area (Å²) in [6.45, 7) is 3.50. The van der Waals surface area contributed by atoms with E-state index in [9.17, 15) is 18.0 Å². The van der Waals surface area contributed by atoms with Crippen molar-refractivity contribution in [2.24, 2.45) is 0 Å². The van der Waals surface area contributed by atoms with Crippen molar-refractivity contribution >= 4 is 11.5 Å². The third-order valence-corrected chi connectivity index (χ3v) is 3.49. The molecular weight excluding hydrogens is 321 g/mol. The third kappa shape index (κ3) is 3.27. The molecule has 0 aliphatic heterocycles. The fourth-order valence-corrected chi connectivity index (χ4v) is 2.43. The molecule has 0 spiro atoms. The maximum Gasteiger partial charge on any atom is 0.420 e. The van der Waals surface area contributed by atoms with Crippen LogP contribution in [0.3, 0.4) is 0 Å². The van der Waals surface area contributed by atoms with Crippen LogP contribution in [0.25, 0.3) is 16.7 Å². The van der Waals surface area contributed by atoms with Crippen molar-refractivity contribution in [1.29, 1.82) is 0 Å². The first-order valence-electron chi connectivity index (χ1n) is 6.92. The van der Waals surface area contributed by atoms with Crippen molar-refractivity contribution in [2.45, 2.75) is 6.18 Å². The molecule has 2 aromatic rings. The summed E-state index contributed by atoms with van der Waals surface area (Å²) in [6, 6.07) is 11.1. The van der Waals surface area contributed by atoms with Gasteiger partial charge in [-0.3, -0.25) is 0 Å². The van der Waals surface area contributed by atoms with Crippen molar-refractivity contribution in [2.75, 3.05) is 14.2 Å². The Hall–Kier alpha value is -2.76. The second-order valence-corrected chi connectivity index (χ2v) is 4.90. The number of esters is 1. The monoisotopic (exact) mass is 336 g/mol. The number of benzene rings is 2. The van der Waals surface area contributed by atoms with E-state index in [-0.39, 0.29) is 22.4 Å². The van der Waals surface area contributed by atoms with Crippen LogP contribution in [0, 0.1) is 0 Å². The molecule has 0 saturated carbocycles. The molecule has 0 atom stereocenters. The number of carbonyl (C=O) groups excluding carboxylic acids is 1. The predicted molar refractivity (Wildman–Crippen MR) is 84.5 cm³/mol. The first kappa shape index (κ1) is 17.6. The molecule has 0 fully saturated rings. The minimum atomic E-state index is -4.73. The zero-order valence-corrected chi connectivity index (χ0v) is 13.1. The number of methoxy groups -OCH3 is 2. The molecule has 2 aromatic carbocycles. The van der Waals surface area contributed by atoms with E-state index in [0.29, 0.717) is 5.56 Å². The van der Waals surface area contributed by atoms with Crippen molar-refractivity contribution in [3.63, 3.8) is 0 Å². The Morgan fingerprint density at radius 2 is 1.67 bits per heavy atom. The molecule has 0 aliphatic rings. The van der Waals surface area contributed by atoms with Gasteiger partial charge in [0.15, 0.2) is 0 Å². The first-order chi connectivity index (χ1) is 11.3. The van der Waals surface area contributed by atoms with Crippen LogP contribution in [0.1, 0.15) is 11.1 Å². The van der Waals surface area contributed by atoms with E-state index in [4.69, 9.17) is 4.74 Å². The van der Waals surface area contributed by atoms with Crippen molar-refractivity contribution < 1.29 is 27.4 Å². The molecule has 0 saturated heterocycles. The maximum absolute atomic E-state index is 13.6. The molecule has 0 aromatic heterocycles. The summed E-state index contributed by atoms with van der Waals surface area (Å²) in [4.78, 5) is 11.8. The second-order valence-electron chi connectivity index (χ2n) is 4.90. The Labute approximate surface area is 137 Å². The van der Waals surface area contributed by atoms with Gasteiger partial charge in [0, 0.05) is 5.56 Å². The quantitative estimate of drug-likeness (QED) is 0.606. The molecule has 0 aliphatic carbocycles. The number of ether oxygens (including phenoxy) is 2. The zero-order valence-electron chi connectivity index (χ0n) is 13.1. The van der Waals surface area contributed by atoms with Crippen molar-refractivity contribution in [3.05, 3.63) is 60.2 Å². The van der Waals surface area contributed by atoms with E-state index in [1.807, 2.05) is 0 Å². The molecule has 3 nitrogen and oxygen atoms in total. The van der Waals surface area contributed by atoms with Crippen LogP contribution in [0.4, 0.5) is 13.2 Å². The highest BCUT2D eigenvalue weighted by molar-refractivity contribution is 6.18. The Morgan fingerprint density at radius 3 is 2.17 bits per heavy atom. The van der Waals surface area contributed by atoms with Gasteiger partial charge in [0.1, 0.15) is 11.3 Å². The summed E-state index contributed by atoms with van der Waals surface area (Å²) in [6.07, 6.45) is -4.73. The Kier molecular flexibility index (Phi) is 4.97. The number of hydrogen-bond donors (Lipinski definition) is 0. The highest BCUT2D eigenvalue weighted by Crippen LogP contribution is 2.45. The molecule has 0 radical (unpaired) electrons. The van der Waals surface area contributed by atoms with E-state index in [1.165, 1.54) is 12.1 Å². The molecule has 0 bridgehead atoms. The van der Waals surface area contributed by atoms with Gasteiger partial charge < -0.3 is 9.47 Å². The van der Waals surface area contributed by atoms with Gasteiger partial charge in [-0.15, -0.1) is 0 Å². The normalized spacial score (nSPS) is 11.0.